The molecule has 0 unspecified atom stereocenters. The number of hydrogen-bond acceptors (Lipinski definition) is 3. The van der Waals surface area contributed by atoms with Gasteiger partial charge in [0.15, 0.2) is 5.82 Å². The number of hydrogen-bond donors (Lipinski definition) is 1. The van der Waals surface area contributed by atoms with Crippen molar-refractivity contribution in [3.8, 4) is 11.4 Å². The van der Waals surface area contributed by atoms with Crippen molar-refractivity contribution in [1.29, 1.82) is 0 Å². The van der Waals surface area contributed by atoms with Gasteiger partial charge in [0.2, 0.25) is 0 Å². The van der Waals surface area contributed by atoms with Gasteiger partial charge < -0.3 is 5.32 Å². The fourth-order valence-corrected chi connectivity index (χ4v) is 3.35. The second-order valence-corrected chi connectivity index (χ2v) is 6.68. The van der Waals surface area contributed by atoms with Crippen LogP contribution in [0.5, 0.6) is 0 Å². The summed E-state index contributed by atoms with van der Waals surface area (Å²) in [6, 6.07) is 4.85. The molecule has 0 atom stereocenters. The van der Waals surface area contributed by atoms with E-state index in [0.29, 0.717) is 16.2 Å². The SMILES string of the molecule is CNc1nc(-c2ccc(F)c(Br)c2)nc(C2CC2)c1I. The van der Waals surface area contributed by atoms with Gasteiger partial charge in [-0.3, -0.25) is 0 Å². The lowest BCUT2D eigenvalue weighted by Crippen LogP contribution is -2.04. The number of halogens is 3. The highest BCUT2D eigenvalue weighted by Gasteiger charge is 2.29. The standard InChI is InChI=1S/C14H12BrFIN3/c1-18-14-11(17)12(7-2-3-7)19-13(20-14)8-4-5-10(16)9(15)6-8/h4-7H,2-3H2,1H3,(H,18,19,20). The van der Waals surface area contributed by atoms with Crippen molar-refractivity contribution in [1.82, 2.24) is 9.97 Å². The molecular formula is C14H12BrFIN3. The van der Waals surface area contributed by atoms with Crippen molar-refractivity contribution < 1.29 is 4.39 Å². The minimum absolute atomic E-state index is 0.282. The Balaban J connectivity index is 2.12. The van der Waals surface area contributed by atoms with E-state index in [1.807, 2.05) is 7.05 Å². The fourth-order valence-electron chi connectivity index (χ4n) is 2.02. The summed E-state index contributed by atoms with van der Waals surface area (Å²) in [5, 5.41) is 3.11. The molecule has 0 spiro atoms. The lowest BCUT2D eigenvalue weighted by molar-refractivity contribution is 0.621. The second kappa shape index (κ2) is 5.55. The van der Waals surface area contributed by atoms with Gasteiger partial charge in [-0.15, -0.1) is 0 Å². The van der Waals surface area contributed by atoms with E-state index in [2.05, 4.69) is 53.8 Å². The number of benzene rings is 1. The van der Waals surface area contributed by atoms with Crippen LogP contribution in [0.15, 0.2) is 22.7 Å². The smallest absolute Gasteiger partial charge is 0.161 e. The van der Waals surface area contributed by atoms with Crippen LogP contribution in [0.1, 0.15) is 24.5 Å². The van der Waals surface area contributed by atoms with Crippen molar-refractivity contribution >= 4 is 44.3 Å². The zero-order chi connectivity index (χ0) is 14.3. The molecule has 0 aliphatic heterocycles. The lowest BCUT2D eigenvalue weighted by atomic mass is 10.2. The van der Waals surface area contributed by atoms with Crippen LogP contribution in [0.3, 0.4) is 0 Å². The summed E-state index contributed by atoms with van der Waals surface area (Å²) in [4.78, 5) is 9.21. The van der Waals surface area contributed by atoms with Crippen LogP contribution in [0.25, 0.3) is 11.4 Å². The second-order valence-electron chi connectivity index (χ2n) is 4.75. The van der Waals surface area contributed by atoms with E-state index in [1.165, 1.54) is 18.9 Å². The molecule has 1 aliphatic carbocycles. The molecule has 20 heavy (non-hydrogen) atoms. The van der Waals surface area contributed by atoms with Crippen LogP contribution in [-0.2, 0) is 0 Å². The van der Waals surface area contributed by atoms with E-state index in [1.54, 1.807) is 12.1 Å². The normalized spacial score (nSPS) is 14.4. The Hall–Kier alpha value is -0.760. The zero-order valence-corrected chi connectivity index (χ0v) is 14.5. The number of rotatable bonds is 3. The predicted molar refractivity (Wildman–Crippen MR) is 89.4 cm³/mol. The first-order chi connectivity index (χ1) is 9.60. The van der Waals surface area contributed by atoms with Crippen molar-refractivity contribution in [2.24, 2.45) is 0 Å². The molecule has 3 nitrogen and oxygen atoms in total. The molecule has 3 rings (SSSR count). The van der Waals surface area contributed by atoms with Gasteiger partial charge >= 0.3 is 0 Å². The Morgan fingerprint density at radius 2 is 2.10 bits per heavy atom. The van der Waals surface area contributed by atoms with Gasteiger partial charge in [0.05, 0.1) is 13.7 Å². The van der Waals surface area contributed by atoms with Gasteiger partial charge in [0.1, 0.15) is 11.6 Å². The molecule has 1 fully saturated rings. The molecule has 1 aromatic heterocycles. The largest absolute Gasteiger partial charge is 0.372 e. The van der Waals surface area contributed by atoms with Crippen LogP contribution in [0.2, 0.25) is 0 Å². The van der Waals surface area contributed by atoms with Gasteiger partial charge in [-0.1, -0.05) is 0 Å². The molecular weight excluding hydrogens is 436 g/mol. The Kier molecular flexibility index (Phi) is 3.94. The van der Waals surface area contributed by atoms with Crippen LogP contribution in [0.4, 0.5) is 10.2 Å². The third kappa shape index (κ3) is 2.67. The summed E-state index contributed by atoms with van der Waals surface area (Å²) in [6.07, 6.45) is 2.37. The first-order valence-electron chi connectivity index (χ1n) is 6.30. The number of aromatic nitrogens is 2. The summed E-state index contributed by atoms with van der Waals surface area (Å²) in [5.74, 6) is 1.73. The monoisotopic (exact) mass is 447 g/mol. The first kappa shape index (κ1) is 14.2. The maximum Gasteiger partial charge on any atom is 0.161 e. The highest BCUT2D eigenvalue weighted by molar-refractivity contribution is 14.1. The van der Waals surface area contributed by atoms with Crippen molar-refractivity contribution in [3.63, 3.8) is 0 Å². The van der Waals surface area contributed by atoms with E-state index in [4.69, 9.17) is 0 Å². The third-order valence-electron chi connectivity index (χ3n) is 3.26. The van der Waals surface area contributed by atoms with Crippen LogP contribution < -0.4 is 5.32 Å². The van der Waals surface area contributed by atoms with E-state index < -0.39 is 0 Å². The zero-order valence-electron chi connectivity index (χ0n) is 10.8. The topological polar surface area (TPSA) is 37.8 Å². The molecule has 0 bridgehead atoms. The average molecular weight is 448 g/mol. The maximum atomic E-state index is 13.3. The molecule has 1 saturated carbocycles. The van der Waals surface area contributed by atoms with E-state index >= 15 is 0 Å². The van der Waals surface area contributed by atoms with Gasteiger partial charge in [0, 0.05) is 18.5 Å². The molecule has 1 N–H and O–H groups in total. The quantitative estimate of drug-likeness (QED) is 0.700. The van der Waals surface area contributed by atoms with E-state index in [9.17, 15) is 4.39 Å². The fraction of sp³-hybridized carbons (Fsp3) is 0.286. The molecule has 6 heteroatoms. The summed E-state index contributed by atoms with van der Waals surface area (Å²) >= 11 is 5.49. The van der Waals surface area contributed by atoms with Crippen molar-refractivity contribution in [3.05, 3.63) is 37.8 Å². The van der Waals surface area contributed by atoms with Crippen molar-refractivity contribution in [2.75, 3.05) is 12.4 Å². The Morgan fingerprint density at radius 1 is 1.35 bits per heavy atom. The Morgan fingerprint density at radius 3 is 2.70 bits per heavy atom. The van der Waals surface area contributed by atoms with Crippen molar-refractivity contribution in [2.45, 2.75) is 18.8 Å². The van der Waals surface area contributed by atoms with E-state index in [0.717, 1.165) is 20.6 Å². The van der Waals surface area contributed by atoms with E-state index in [-0.39, 0.29) is 5.82 Å². The van der Waals surface area contributed by atoms with Gasteiger partial charge in [-0.2, -0.15) is 0 Å². The summed E-state index contributed by atoms with van der Waals surface area (Å²) in [7, 11) is 1.85. The van der Waals surface area contributed by atoms with Crippen LogP contribution in [0, 0.1) is 9.39 Å². The molecule has 1 aromatic carbocycles. The number of nitrogens with zero attached hydrogens (tertiary/aromatic N) is 2. The Bertz CT molecular complexity index is 674. The molecule has 104 valence electrons. The molecule has 0 radical (unpaired) electrons. The molecule has 0 amide bonds. The lowest BCUT2D eigenvalue weighted by Gasteiger charge is -2.11. The first-order valence-corrected chi connectivity index (χ1v) is 8.18. The van der Waals surface area contributed by atoms with Gasteiger partial charge in [-0.05, 0) is 69.6 Å². The van der Waals surface area contributed by atoms with Gasteiger partial charge in [0.25, 0.3) is 0 Å². The highest BCUT2D eigenvalue weighted by atomic mass is 127. The van der Waals surface area contributed by atoms with Gasteiger partial charge in [-0.25, -0.2) is 14.4 Å². The third-order valence-corrected chi connectivity index (χ3v) is 4.93. The molecule has 1 heterocycles. The maximum absolute atomic E-state index is 13.3. The molecule has 2 aromatic rings. The average Bonchev–Trinajstić information content (AvgIpc) is 3.27. The predicted octanol–water partition coefficient (Wildman–Crippen LogP) is 4.57. The van der Waals surface area contributed by atoms with Crippen LogP contribution >= 0.6 is 38.5 Å². The summed E-state index contributed by atoms with van der Waals surface area (Å²) in [6.45, 7) is 0. The van der Waals surface area contributed by atoms with Crippen LogP contribution in [-0.4, -0.2) is 17.0 Å². The molecule has 1 aliphatic rings. The number of anilines is 1. The molecule has 0 saturated heterocycles. The number of nitrogens with one attached hydrogen (secondary N) is 1. The highest BCUT2D eigenvalue weighted by Crippen LogP contribution is 2.43. The summed E-state index contributed by atoms with van der Waals surface area (Å²) < 4.78 is 14.8. The Labute approximate surface area is 138 Å². The minimum Gasteiger partial charge on any atom is -0.372 e. The minimum atomic E-state index is -0.282. The summed E-state index contributed by atoms with van der Waals surface area (Å²) in [5.41, 5.74) is 1.91.